The average Bonchev–Trinajstić information content (AvgIpc) is 2.55. The lowest BCUT2D eigenvalue weighted by molar-refractivity contribution is -0.102. The molecule has 23 heavy (non-hydrogen) atoms. The van der Waals surface area contributed by atoms with Crippen LogP contribution in [-0.4, -0.2) is 49.3 Å². The van der Waals surface area contributed by atoms with Gasteiger partial charge in [-0.05, 0) is 38.3 Å². The highest BCUT2D eigenvalue weighted by molar-refractivity contribution is 7.99. The number of carbonyl (C=O) groups is 1. The number of oxime groups is 1. The molecule has 1 N–H and O–H groups in total. The Hall–Kier alpha value is -1.37. The van der Waals surface area contributed by atoms with Gasteiger partial charge >= 0.3 is 0 Å². The van der Waals surface area contributed by atoms with Crippen molar-refractivity contribution < 1.29 is 19.5 Å². The van der Waals surface area contributed by atoms with Crippen LogP contribution in [0.25, 0.3) is 0 Å². The Morgan fingerprint density at radius 1 is 1.30 bits per heavy atom. The Labute approximate surface area is 142 Å². The largest absolute Gasteiger partial charge is 0.395 e. The van der Waals surface area contributed by atoms with Crippen molar-refractivity contribution in [1.29, 1.82) is 0 Å². The number of ether oxygens (including phenoxy) is 1. The van der Waals surface area contributed by atoms with Crippen molar-refractivity contribution in [3.05, 3.63) is 29.8 Å². The van der Waals surface area contributed by atoms with E-state index < -0.39 is 0 Å². The van der Waals surface area contributed by atoms with Crippen LogP contribution in [-0.2, 0) is 14.4 Å². The number of hydrogen-bond acceptors (Lipinski definition) is 6. The number of aliphatic hydroxyl groups excluding tert-OH is 1. The molecule has 0 aliphatic rings. The smallest absolute Gasteiger partial charge is 0.172 e. The van der Waals surface area contributed by atoms with Gasteiger partial charge in [0, 0.05) is 29.9 Å². The fraction of sp³-hybridized carbons (Fsp3) is 0.529. The number of methoxy groups -OCH3 is 1. The van der Waals surface area contributed by atoms with Crippen LogP contribution in [0.15, 0.2) is 34.3 Å². The molecule has 0 spiro atoms. The molecule has 0 aromatic heterocycles. The summed E-state index contributed by atoms with van der Waals surface area (Å²) in [5.41, 5.74) is 1.01. The standard InChI is InChI=1S/C17H25NO4S/c1-14(20)5-3-11-22-18-17(13-19)15-6-8-16(9-7-15)23-12-4-10-21-2/h6-9,13-14,20H,3-5,10-12H2,1-2H3/b18-17+. The topological polar surface area (TPSA) is 68.1 Å². The third-order valence-corrected chi connectivity index (χ3v) is 4.14. The Balaban J connectivity index is 2.46. The number of aldehydes is 1. The molecule has 1 aromatic carbocycles. The van der Waals surface area contributed by atoms with Crippen molar-refractivity contribution in [2.24, 2.45) is 5.16 Å². The highest BCUT2D eigenvalue weighted by Gasteiger charge is 2.04. The summed E-state index contributed by atoms with van der Waals surface area (Å²) in [5, 5.41) is 13.0. The molecule has 1 rings (SSSR count). The second-order valence-corrected chi connectivity index (χ2v) is 6.31. The van der Waals surface area contributed by atoms with Crippen LogP contribution in [0.3, 0.4) is 0 Å². The van der Waals surface area contributed by atoms with E-state index in [1.807, 2.05) is 24.3 Å². The van der Waals surface area contributed by atoms with Gasteiger partial charge in [0.15, 0.2) is 6.29 Å². The molecule has 0 heterocycles. The maximum absolute atomic E-state index is 11.1. The number of benzene rings is 1. The molecule has 6 heteroatoms. The van der Waals surface area contributed by atoms with Gasteiger partial charge in [-0.25, -0.2) is 0 Å². The SMILES string of the molecule is COCCCSc1ccc(/C(C=O)=N/OCCCC(C)O)cc1. The fourth-order valence-electron chi connectivity index (χ4n) is 1.82. The third-order valence-electron chi connectivity index (χ3n) is 3.04. The van der Waals surface area contributed by atoms with E-state index in [0.29, 0.717) is 25.7 Å². The molecule has 0 saturated heterocycles. The predicted octanol–water partition coefficient (Wildman–Crippen LogP) is 2.90. The van der Waals surface area contributed by atoms with E-state index in [4.69, 9.17) is 14.7 Å². The van der Waals surface area contributed by atoms with Crippen molar-refractivity contribution >= 4 is 23.8 Å². The summed E-state index contributed by atoms with van der Waals surface area (Å²) < 4.78 is 5.02. The van der Waals surface area contributed by atoms with Crippen LogP contribution in [0.1, 0.15) is 31.7 Å². The van der Waals surface area contributed by atoms with Gasteiger partial charge in [-0.1, -0.05) is 17.3 Å². The van der Waals surface area contributed by atoms with Crippen LogP contribution >= 0.6 is 11.8 Å². The zero-order valence-electron chi connectivity index (χ0n) is 13.7. The minimum atomic E-state index is -0.345. The third kappa shape index (κ3) is 8.74. The zero-order chi connectivity index (χ0) is 16.9. The quantitative estimate of drug-likeness (QED) is 0.208. The van der Waals surface area contributed by atoms with Crippen LogP contribution < -0.4 is 0 Å². The van der Waals surface area contributed by atoms with Crippen LogP contribution in [0.2, 0.25) is 0 Å². The second-order valence-electron chi connectivity index (χ2n) is 5.14. The lowest BCUT2D eigenvalue weighted by Gasteiger charge is -2.05. The summed E-state index contributed by atoms with van der Waals surface area (Å²) in [4.78, 5) is 17.4. The number of aliphatic hydroxyl groups is 1. The highest BCUT2D eigenvalue weighted by Crippen LogP contribution is 2.19. The van der Waals surface area contributed by atoms with Crippen molar-refractivity contribution in [3.63, 3.8) is 0 Å². The molecular formula is C17H25NO4S. The van der Waals surface area contributed by atoms with E-state index in [9.17, 15) is 4.79 Å². The maximum Gasteiger partial charge on any atom is 0.172 e. The first kappa shape index (κ1) is 19.7. The Bertz CT molecular complexity index is 474. The van der Waals surface area contributed by atoms with E-state index in [1.54, 1.807) is 25.8 Å². The van der Waals surface area contributed by atoms with Gasteiger partial charge in [0.05, 0.1) is 6.10 Å². The number of nitrogens with zero attached hydrogens (tertiary/aromatic N) is 1. The summed E-state index contributed by atoms with van der Waals surface area (Å²) >= 11 is 1.75. The predicted molar refractivity (Wildman–Crippen MR) is 93.1 cm³/mol. The average molecular weight is 339 g/mol. The normalized spacial score (nSPS) is 12.9. The van der Waals surface area contributed by atoms with E-state index in [-0.39, 0.29) is 11.8 Å². The summed E-state index contributed by atoms with van der Waals surface area (Å²) in [6.07, 6.45) is 2.70. The van der Waals surface area contributed by atoms with E-state index in [0.717, 1.165) is 29.2 Å². The number of rotatable bonds is 12. The molecule has 0 radical (unpaired) electrons. The molecule has 0 aliphatic carbocycles. The molecule has 0 bridgehead atoms. The van der Waals surface area contributed by atoms with Gasteiger partial charge in [0.25, 0.3) is 0 Å². The van der Waals surface area contributed by atoms with E-state index in [1.165, 1.54) is 0 Å². The second kappa shape index (κ2) is 12.1. The molecule has 1 atom stereocenters. The van der Waals surface area contributed by atoms with Crippen molar-refractivity contribution in [2.45, 2.75) is 37.2 Å². The van der Waals surface area contributed by atoms with Crippen molar-refractivity contribution in [3.8, 4) is 0 Å². The summed E-state index contributed by atoms with van der Waals surface area (Å²) in [6, 6.07) is 7.68. The minimum Gasteiger partial charge on any atom is -0.395 e. The molecule has 1 aromatic rings. The molecule has 0 amide bonds. The molecule has 5 nitrogen and oxygen atoms in total. The number of hydrogen-bond donors (Lipinski definition) is 1. The van der Waals surface area contributed by atoms with Crippen LogP contribution in [0.4, 0.5) is 0 Å². The summed E-state index contributed by atoms with van der Waals surface area (Å²) in [7, 11) is 1.70. The van der Waals surface area contributed by atoms with E-state index >= 15 is 0 Å². The lowest BCUT2D eigenvalue weighted by atomic mass is 10.1. The zero-order valence-corrected chi connectivity index (χ0v) is 14.6. The molecule has 0 saturated carbocycles. The lowest BCUT2D eigenvalue weighted by Crippen LogP contribution is -2.05. The number of thioether (sulfide) groups is 1. The summed E-state index contributed by atoms with van der Waals surface area (Å²) in [5.74, 6) is 0.994. The Morgan fingerprint density at radius 2 is 2.04 bits per heavy atom. The fourth-order valence-corrected chi connectivity index (χ4v) is 2.64. The van der Waals surface area contributed by atoms with Crippen LogP contribution in [0, 0.1) is 0 Å². The van der Waals surface area contributed by atoms with Gasteiger partial charge in [0.2, 0.25) is 0 Å². The minimum absolute atomic E-state index is 0.276. The first-order chi connectivity index (χ1) is 11.2. The van der Waals surface area contributed by atoms with Gasteiger partial charge < -0.3 is 14.7 Å². The maximum atomic E-state index is 11.1. The molecule has 0 aliphatic heterocycles. The Kier molecular flexibility index (Phi) is 10.4. The number of carbonyl (C=O) groups excluding carboxylic acids is 1. The van der Waals surface area contributed by atoms with Crippen molar-refractivity contribution in [1.82, 2.24) is 0 Å². The first-order valence-corrected chi connectivity index (χ1v) is 8.71. The van der Waals surface area contributed by atoms with E-state index in [2.05, 4.69) is 5.16 Å². The first-order valence-electron chi connectivity index (χ1n) is 7.72. The molecular weight excluding hydrogens is 314 g/mol. The van der Waals surface area contributed by atoms with Gasteiger partial charge in [-0.2, -0.15) is 0 Å². The highest BCUT2D eigenvalue weighted by atomic mass is 32.2. The molecule has 0 fully saturated rings. The monoisotopic (exact) mass is 339 g/mol. The van der Waals surface area contributed by atoms with Gasteiger partial charge in [0.1, 0.15) is 12.3 Å². The van der Waals surface area contributed by atoms with Crippen LogP contribution in [0.5, 0.6) is 0 Å². The molecule has 1 unspecified atom stereocenters. The molecule has 128 valence electrons. The van der Waals surface area contributed by atoms with Gasteiger partial charge in [-0.15, -0.1) is 11.8 Å². The Morgan fingerprint density at radius 3 is 2.65 bits per heavy atom. The van der Waals surface area contributed by atoms with Gasteiger partial charge in [-0.3, -0.25) is 4.79 Å². The summed E-state index contributed by atoms with van der Waals surface area (Å²) in [6.45, 7) is 2.88. The van der Waals surface area contributed by atoms with Crippen molar-refractivity contribution in [2.75, 3.05) is 26.1 Å².